The van der Waals surface area contributed by atoms with E-state index in [0.717, 1.165) is 18.7 Å². The molecule has 2 aromatic rings. The summed E-state index contributed by atoms with van der Waals surface area (Å²) >= 11 is 0. The lowest BCUT2D eigenvalue weighted by Gasteiger charge is -2.31. The van der Waals surface area contributed by atoms with Gasteiger partial charge in [-0.05, 0) is 55.8 Å². The van der Waals surface area contributed by atoms with E-state index in [1.54, 1.807) is 12.1 Å². The highest BCUT2D eigenvalue weighted by atomic mass is 19.1. The first-order valence-corrected chi connectivity index (χ1v) is 9.50. The fourth-order valence-corrected chi connectivity index (χ4v) is 3.71. The van der Waals surface area contributed by atoms with Gasteiger partial charge >= 0.3 is 0 Å². The summed E-state index contributed by atoms with van der Waals surface area (Å²) in [5, 5.41) is 3.09. The monoisotopic (exact) mass is 357 g/mol. The standard InChI is InChI=1S/C21H28FN3O/c1-24-12-6-7-19(24)20(25-13-4-2-3-5-14-25)16-23-21(26)15-17-8-10-18(22)11-9-17/h6-12,20H,2-5,13-16H2,1H3,(H,23,26). The van der Waals surface area contributed by atoms with Crippen molar-refractivity contribution in [2.75, 3.05) is 19.6 Å². The van der Waals surface area contributed by atoms with Gasteiger partial charge in [-0.3, -0.25) is 9.69 Å². The van der Waals surface area contributed by atoms with Crippen LogP contribution in [0, 0.1) is 5.82 Å². The van der Waals surface area contributed by atoms with Gasteiger partial charge in [0.15, 0.2) is 0 Å². The summed E-state index contributed by atoms with van der Waals surface area (Å²) in [5.74, 6) is -0.301. The first kappa shape index (κ1) is 18.6. The first-order valence-electron chi connectivity index (χ1n) is 9.50. The Morgan fingerprint density at radius 3 is 2.42 bits per heavy atom. The molecule has 0 bridgehead atoms. The Morgan fingerprint density at radius 1 is 1.12 bits per heavy atom. The number of nitrogens with zero attached hydrogens (tertiary/aromatic N) is 2. The average Bonchev–Trinajstić information content (AvgIpc) is 2.88. The molecule has 4 nitrogen and oxygen atoms in total. The SMILES string of the molecule is Cn1cccc1C(CNC(=O)Cc1ccc(F)cc1)N1CCCCCC1. The third kappa shape index (κ3) is 4.94. The summed E-state index contributed by atoms with van der Waals surface area (Å²) in [5.41, 5.74) is 2.06. The minimum absolute atomic E-state index is 0.0226. The largest absolute Gasteiger partial charge is 0.354 e. The van der Waals surface area contributed by atoms with Crippen molar-refractivity contribution in [3.05, 3.63) is 59.7 Å². The summed E-state index contributed by atoms with van der Waals surface area (Å²) in [4.78, 5) is 14.9. The molecule has 1 aliphatic heterocycles. The highest BCUT2D eigenvalue weighted by molar-refractivity contribution is 5.78. The molecule has 1 amide bonds. The van der Waals surface area contributed by atoms with Crippen LogP contribution in [-0.2, 0) is 18.3 Å². The molecule has 0 spiro atoms. The number of carbonyl (C=O) groups is 1. The van der Waals surface area contributed by atoms with Crippen molar-refractivity contribution < 1.29 is 9.18 Å². The van der Waals surface area contributed by atoms with E-state index in [-0.39, 0.29) is 24.2 Å². The number of benzene rings is 1. The number of likely N-dealkylation sites (tertiary alicyclic amines) is 1. The van der Waals surface area contributed by atoms with Gasteiger partial charge < -0.3 is 9.88 Å². The van der Waals surface area contributed by atoms with Crippen LogP contribution < -0.4 is 5.32 Å². The number of aromatic nitrogens is 1. The molecule has 1 fully saturated rings. The number of halogens is 1. The molecule has 1 aromatic heterocycles. The smallest absolute Gasteiger partial charge is 0.224 e. The van der Waals surface area contributed by atoms with E-state index in [1.165, 1.54) is 43.5 Å². The van der Waals surface area contributed by atoms with E-state index >= 15 is 0 Å². The number of hydrogen-bond acceptors (Lipinski definition) is 2. The van der Waals surface area contributed by atoms with E-state index in [2.05, 4.69) is 40.2 Å². The third-order valence-electron chi connectivity index (χ3n) is 5.18. The lowest BCUT2D eigenvalue weighted by molar-refractivity contribution is -0.120. The van der Waals surface area contributed by atoms with Gasteiger partial charge in [0.25, 0.3) is 0 Å². The number of amides is 1. The first-order chi connectivity index (χ1) is 12.6. The second-order valence-electron chi connectivity index (χ2n) is 7.12. The molecule has 3 rings (SSSR count). The molecular weight excluding hydrogens is 329 g/mol. The predicted molar refractivity (Wildman–Crippen MR) is 101 cm³/mol. The molecule has 1 N–H and O–H groups in total. The lowest BCUT2D eigenvalue weighted by Crippen LogP contribution is -2.39. The van der Waals surface area contributed by atoms with Crippen LogP contribution in [0.3, 0.4) is 0 Å². The molecule has 1 unspecified atom stereocenters. The van der Waals surface area contributed by atoms with Crippen molar-refractivity contribution in [2.45, 2.75) is 38.1 Å². The number of hydrogen-bond donors (Lipinski definition) is 1. The van der Waals surface area contributed by atoms with E-state index in [4.69, 9.17) is 0 Å². The highest BCUT2D eigenvalue weighted by Gasteiger charge is 2.23. The minimum Gasteiger partial charge on any atom is -0.354 e. The molecule has 2 heterocycles. The second-order valence-corrected chi connectivity index (χ2v) is 7.12. The van der Waals surface area contributed by atoms with Crippen molar-refractivity contribution in [3.8, 4) is 0 Å². The van der Waals surface area contributed by atoms with E-state index in [1.807, 2.05) is 0 Å². The zero-order chi connectivity index (χ0) is 18.4. The van der Waals surface area contributed by atoms with Crippen LogP contribution >= 0.6 is 0 Å². The van der Waals surface area contributed by atoms with Crippen LogP contribution in [-0.4, -0.2) is 35.0 Å². The normalized spacial score (nSPS) is 16.8. The number of carbonyl (C=O) groups excluding carboxylic acids is 1. The number of rotatable bonds is 6. The molecule has 1 aliphatic rings. The van der Waals surface area contributed by atoms with Crippen molar-refractivity contribution in [3.63, 3.8) is 0 Å². The summed E-state index contributed by atoms with van der Waals surface area (Å²) < 4.78 is 15.1. The Balaban J connectivity index is 1.64. The van der Waals surface area contributed by atoms with E-state index < -0.39 is 0 Å². The molecule has 5 heteroatoms. The van der Waals surface area contributed by atoms with E-state index in [0.29, 0.717) is 6.54 Å². The lowest BCUT2D eigenvalue weighted by atomic mass is 10.1. The maximum absolute atomic E-state index is 13.0. The highest BCUT2D eigenvalue weighted by Crippen LogP contribution is 2.24. The van der Waals surface area contributed by atoms with Gasteiger partial charge in [0.1, 0.15) is 5.82 Å². The van der Waals surface area contributed by atoms with Gasteiger partial charge in [-0.1, -0.05) is 25.0 Å². The molecule has 140 valence electrons. The Bertz CT molecular complexity index is 702. The van der Waals surface area contributed by atoms with Gasteiger partial charge in [0.05, 0.1) is 12.5 Å². The second kappa shape index (κ2) is 8.99. The minimum atomic E-state index is -0.279. The third-order valence-corrected chi connectivity index (χ3v) is 5.18. The molecule has 1 aromatic carbocycles. The topological polar surface area (TPSA) is 37.3 Å². The molecule has 0 radical (unpaired) electrons. The van der Waals surface area contributed by atoms with Crippen LogP contribution in [0.2, 0.25) is 0 Å². The molecule has 0 saturated carbocycles. The van der Waals surface area contributed by atoms with Gasteiger partial charge in [-0.2, -0.15) is 0 Å². The van der Waals surface area contributed by atoms with Crippen LogP contribution in [0.4, 0.5) is 4.39 Å². The molecular formula is C21H28FN3O. The molecule has 26 heavy (non-hydrogen) atoms. The van der Waals surface area contributed by atoms with Crippen LogP contribution in [0.25, 0.3) is 0 Å². The maximum atomic E-state index is 13.0. The average molecular weight is 357 g/mol. The van der Waals surface area contributed by atoms with Crippen molar-refractivity contribution in [1.82, 2.24) is 14.8 Å². The molecule has 1 atom stereocenters. The zero-order valence-corrected chi connectivity index (χ0v) is 15.5. The Morgan fingerprint density at radius 2 is 1.81 bits per heavy atom. The van der Waals surface area contributed by atoms with Crippen molar-refractivity contribution in [2.24, 2.45) is 7.05 Å². The Kier molecular flexibility index (Phi) is 6.45. The Labute approximate surface area is 155 Å². The van der Waals surface area contributed by atoms with Gasteiger partial charge in [-0.25, -0.2) is 4.39 Å². The summed E-state index contributed by atoms with van der Waals surface area (Å²) in [6.07, 6.45) is 7.33. The molecule has 0 aliphatic carbocycles. The zero-order valence-electron chi connectivity index (χ0n) is 15.5. The summed E-state index contributed by atoms with van der Waals surface area (Å²) in [6.45, 7) is 2.74. The van der Waals surface area contributed by atoms with Crippen LogP contribution in [0.15, 0.2) is 42.6 Å². The van der Waals surface area contributed by atoms with Gasteiger partial charge in [0, 0.05) is 25.5 Å². The van der Waals surface area contributed by atoms with Crippen LogP contribution in [0.1, 0.15) is 43.0 Å². The maximum Gasteiger partial charge on any atom is 0.224 e. The van der Waals surface area contributed by atoms with Crippen LogP contribution in [0.5, 0.6) is 0 Å². The van der Waals surface area contributed by atoms with Crippen molar-refractivity contribution >= 4 is 5.91 Å². The quantitative estimate of drug-likeness (QED) is 0.860. The number of aryl methyl sites for hydroxylation is 1. The van der Waals surface area contributed by atoms with Crippen molar-refractivity contribution in [1.29, 1.82) is 0 Å². The Hall–Kier alpha value is -2.14. The molecule has 1 saturated heterocycles. The number of nitrogens with one attached hydrogen (secondary N) is 1. The fourth-order valence-electron chi connectivity index (χ4n) is 3.71. The predicted octanol–water partition coefficient (Wildman–Crippen LogP) is 3.44. The van der Waals surface area contributed by atoms with E-state index in [9.17, 15) is 9.18 Å². The summed E-state index contributed by atoms with van der Waals surface area (Å²) in [6, 6.07) is 10.5. The van der Waals surface area contributed by atoms with Gasteiger partial charge in [-0.15, -0.1) is 0 Å². The summed E-state index contributed by atoms with van der Waals surface area (Å²) in [7, 11) is 2.06. The fraction of sp³-hybridized carbons (Fsp3) is 0.476. The van der Waals surface area contributed by atoms with Gasteiger partial charge in [0.2, 0.25) is 5.91 Å².